The molecule has 0 spiro atoms. The molecule has 1 aliphatic carbocycles. The van der Waals surface area contributed by atoms with Gasteiger partial charge in [-0.05, 0) is 37.0 Å². The summed E-state index contributed by atoms with van der Waals surface area (Å²) in [6.45, 7) is 0. The molecule has 1 unspecified atom stereocenters. The van der Waals surface area contributed by atoms with Gasteiger partial charge in [0.2, 0.25) is 0 Å². The average molecular weight is 318 g/mol. The first-order valence-electron chi connectivity index (χ1n) is 6.34. The molecule has 20 heavy (non-hydrogen) atoms. The Morgan fingerprint density at radius 1 is 1.30 bits per heavy atom. The van der Waals surface area contributed by atoms with Gasteiger partial charge in [0.1, 0.15) is 0 Å². The van der Waals surface area contributed by atoms with Crippen molar-refractivity contribution in [2.24, 2.45) is 5.16 Å². The molecule has 4 nitrogen and oxygen atoms in total. The first kappa shape index (κ1) is 16.8. The Kier molecular flexibility index (Phi) is 7.41. The SMILES string of the molecule is O=C(O)Cc1ccc(Cl)cc1.ON=C1CCCCC1Cl. The predicted molar refractivity (Wildman–Crippen MR) is 80.1 cm³/mol. The minimum atomic E-state index is -0.827. The zero-order chi connectivity index (χ0) is 15.0. The molecule has 1 fully saturated rings. The van der Waals surface area contributed by atoms with Gasteiger partial charge in [0.05, 0.1) is 17.5 Å². The van der Waals surface area contributed by atoms with Crippen LogP contribution in [-0.2, 0) is 11.2 Å². The van der Waals surface area contributed by atoms with Crippen LogP contribution in [-0.4, -0.2) is 27.4 Å². The van der Waals surface area contributed by atoms with Gasteiger partial charge in [-0.1, -0.05) is 35.3 Å². The van der Waals surface area contributed by atoms with Crippen molar-refractivity contribution in [3.05, 3.63) is 34.9 Å². The molecule has 1 aliphatic rings. The van der Waals surface area contributed by atoms with Gasteiger partial charge in [0, 0.05) is 5.02 Å². The van der Waals surface area contributed by atoms with Crippen molar-refractivity contribution in [1.29, 1.82) is 0 Å². The second-order valence-corrected chi connectivity index (χ2v) is 5.46. The molecular formula is C14H17Cl2NO3. The third kappa shape index (κ3) is 6.26. The fourth-order valence-electron chi connectivity index (χ4n) is 1.84. The van der Waals surface area contributed by atoms with Crippen molar-refractivity contribution in [2.75, 3.05) is 0 Å². The molecule has 1 atom stereocenters. The predicted octanol–water partition coefficient (Wildman–Crippen LogP) is 3.97. The molecule has 1 aromatic rings. The molecule has 6 heteroatoms. The lowest BCUT2D eigenvalue weighted by Crippen LogP contribution is -2.18. The lowest BCUT2D eigenvalue weighted by Gasteiger charge is -2.15. The maximum Gasteiger partial charge on any atom is 0.307 e. The van der Waals surface area contributed by atoms with E-state index in [1.165, 1.54) is 0 Å². The quantitative estimate of drug-likeness (QED) is 0.492. The third-order valence-electron chi connectivity index (χ3n) is 2.90. The van der Waals surface area contributed by atoms with E-state index in [9.17, 15) is 4.79 Å². The number of aliphatic carboxylic acids is 1. The summed E-state index contributed by atoms with van der Waals surface area (Å²) in [6.07, 6.45) is 4.15. The van der Waals surface area contributed by atoms with Crippen molar-refractivity contribution in [3.8, 4) is 0 Å². The van der Waals surface area contributed by atoms with E-state index in [4.69, 9.17) is 33.5 Å². The molecule has 1 saturated carbocycles. The Morgan fingerprint density at radius 3 is 2.40 bits per heavy atom. The van der Waals surface area contributed by atoms with Crippen molar-refractivity contribution < 1.29 is 15.1 Å². The van der Waals surface area contributed by atoms with Crippen LogP contribution in [0.2, 0.25) is 5.02 Å². The standard InChI is InChI=1S/C8H7ClO2.C6H10ClNO/c9-7-3-1-6(2-4-7)5-8(10)11;7-5-3-1-2-4-6(5)8-9/h1-4H,5H2,(H,10,11);5,9H,1-4H2. The van der Waals surface area contributed by atoms with Gasteiger partial charge in [-0.15, -0.1) is 11.6 Å². The summed E-state index contributed by atoms with van der Waals surface area (Å²) in [4.78, 5) is 10.2. The van der Waals surface area contributed by atoms with E-state index in [-0.39, 0.29) is 11.8 Å². The van der Waals surface area contributed by atoms with Crippen LogP contribution in [0.5, 0.6) is 0 Å². The average Bonchev–Trinajstić information content (AvgIpc) is 2.42. The van der Waals surface area contributed by atoms with Gasteiger partial charge >= 0.3 is 5.97 Å². The summed E-state index contributed by atoms with van der Waals surface area (Å²) < 4.78 is 0. The number of benzene rings is 1. The smallest absolute Gasteiger partial charge is 0.307 e. The van der Waals surface area contributed by atoms with Gasteiger partial charge in [-0.3, -0.25) is 4.79 Å². The monoisotopic (exact) mass is 317 g/mol. The minimum absolute atomic E-state index is 0.0104. The lowest BCUT2D eigenvalue weighted by atomic mass is 9.98. The number of carboxylic acids is 1. The Labute approximate surface area is 128 Å². The van der Waals surface area contributed by atoms with Gasteiger partial charge in [-0.25, -0.2) is 0 Å². The third-order valence-corrected chi connectivity index (χ3v) is 3.62. The van der Waals surface area contributed by atoms with Crippen LogP contribution in [0.4, 0.5) is 0 Å². The zero-order valence-corrected chi connectivity index (χ0v) is 12.4. The number of hydrogen-bond donors (Lipinski definition) is 2. The van der Waals surface area contributed by atoms with Crippen LogP contribution in [0.25, 0.3) is 0 Å². The fraction of sp³-hybridized carbons (Fsp3) is 0.429. The molecule has 0 amide bonds. The molecule has 0 aromatic heterocycles. The van der Waals surface area contributed by atoms with E-state index >= 15 is 0 Å². The largest absolute Gasteiger partial charge is 0.481 e. The van der Waals surface area contributed by atoms with Crippen LogP contribution in [0, 0.1) is 0 Å². The first-order valence-corrected chi connectivity index (χ1v) is 7.15. The highest BCUT2D eigenvalue weighted by molar-refractivity contribution is 6.32. The van der Waals surface area contributed by atoms with Crippen molar-refractivity contribution in [1.82, 2.24) is 0 Å². The topological polar surface area (TPSA) is 69.9 Å². The fourth-order valence-corrected chi connectivity index (χ4v) is 2.28. The summed E-state index contributed by atoms with van der Waals surface area (Å²) >= 11 is 11.4. The highest BCUT2D eigenvalue weighted by Gasteiger charge is 2.17. The Morgan fingerprint density at radius 2 is 1.95 bits per heavy atom. The maximum atomic E-state index is 10.2. The summed E-state index contributed by atoms with van der Waals surface area (Å²) in [6, 6.07) is 6.77. The number of oxime groups is 1. The van der Waals surface area contributed by atoms with Crippen LogP contribution >= 0.6 is 23.2 Å². The summed E-state index contributed by atoms with van der Waals surface area (Å²) in [5.74, 6) is -0.827. The lowest BCUT2D eigenvalue weighted by molar-refractivity contribution is -0.136. The summed E-state index contributed by atoms with van der Waals surface area (Å²) in [7, 11) is 0. The second kappa shape index (κ2) is 8.82. The van der Waals surface area contributed by atoms with Gasteiger partial charge in [0.25, 0.3) is 0 Å². The molecule has 2 N–H and O–H groups in total. The van der Waals surface area contributed by atoms with E-state index in [1.54, 1.807) is 24.3 Å². The number of alkyl halides is 1. The van der Waals surface area contributed by atoms with Crippen LogP contribution < -0.4 is 0 Å². The Bertz CT molecular complexity index is 460. The minimum Gasteiger partial charge on any atom is -0.481 e. The Hall–Kier alpha value is -1.26. The number of carboxylic acid groups (broad SMARTS) is 1. The molecule has 2 rings (SSSR count). The highest BCUT2D eigenvalue weighted by atomic mass is 35.5. The Balaban J connectivity index is 0.000000204. The molecule has 0 saturated heterocycles. The zero-order valence-electron chi connectivity index (χ0n) is 10.9. The molecule has 110 valence electrons. The van der Waals surface area contributed by atoms with Crippen molar-refractivity contribution >= 4 is 34.9 Å². The summed E-state index contributed by atoms with van der Waals surface area (Å²) in [5, 5.41) is 20.5. The molecule has 0 aliphatic heterocycles. The molecule has 0 bridgehead atoms. The van der Waals surface area contributed by atoms with Gasteiger partial charge in [-0.2, -0.15) is 0 Å². The number of nitrogens with zero attached hydrogens (tertiary/aromatic N) is 1. The van der Waals surface area contributed by atoms with E-state index in [0.717, 1.165) is 37.0 Å². The number of rotatable bonds is 2. The van der Waals surface area contributed by atoms with Gasteiger partial charge in [0.15, 0.2) is 0 Å². The van der Waals surface area contributed by atoms with Crippen molar-refractivity contribution in [2.45, 2.75) is 37.5 Å². The maximum absolute atomic E-state index is 10.2. The van der Waals surface area contributed by atoms with Crippen LogP contribution in [0.3, 0.4) is 0 Å². The normalized spacial score (nSPS) is 20.1. The van der Waals surface area contributed by atoms with Gasteiger partial charge < -0.3 is 10.3 Å². The van der Waals surface area contributed by atoms with Crippen LogP contribution in [0.15, 0.2) is 29.4 Å². The van der Waals surface area contributed by atoms with Crippen molar-refractivity contribution in [3.63, 3.8) is 0 Å². The number of hydrogen-bond acceptors (Lipinski definition) is 3. The molecule has 0 radical (unpaired) electrons. The first-order chi connectivity index (χ1) is 9.52. The van der Waals surface area contributed by atoms with E-state index in [0.29, 0.717) is 5.02 Å². The summed E-state index contributed by atoms with van der Waals surface area (Å²) in [5.41, 5.74) is 1.52. The van der Waals surface area contributed by atoms with E-state index < -0.39 is 5.97 Å². The van der Waals surface area contributed by atoms with E-state index in [2.05, 4.69) is 5.16 Å². The van der Waals surface area contributed by atoms with E-state index in [1.807, 2.05) is 0 Å². The van der Waals surface area contributed by atoms with Crippen LogP contribution in [0.1, 0.15) is 31.2 Å². The number of halogens is 2. The number of carbonyl (C=O) groups is 1. The molecule has 0 heterocycles. The molecular weight excluding hydrogens is 301 g/mol. The highest BCUT2D eigenvalue weighted by Crippen LogP contribution is 2.19. The second-order valence-electron chi connectivity index (χ2n) is 4.50. The molecule has 1 aromatic carbocycles.